The summed E-state index contributed by atoms with van der Waals surface area (Å²) >= 11 is 3.66. The topological polar surface area (TPSA) is 59.6 Å². The Hall–Kier alpha value is -2.99. The monoisotopic (exact) mass is 510 g/mol. The van der Waals surface area contributed by atoms with Gasteiger partial charge in [-0.3, -0.25) is 4.79 Å². The molecule has 0 aromatic heterocycles. The van der Waals surface area contributed by atoms with Crippen molar-refractivity contribution in [2.24, 2.45) is 5.92 Å². The quantitative estimate of drug-likeness (QED) is 0.310. The van der Waals surface area contributed by atoms with E-state index in [2.05, 4.69) is 45.6 Å². The Morgan fingerprint density at radius 2 is 1.76 bits per heavy atom. The summed E-state index contributed by atoms with van der Waals surface area (Å²) < 4.78 is 12.5. The predicted octanol–water partition coefficient (Wildman–Crippen LogP) is 6.94. The molecular formula is C27H31BrN2O3. The molecule has 3 aromatic rings. The van der Waals surface area contributed by atoms with Gasteiger partial charge in [-0.15, -0.1) is 0 Å². The van der Waals surface area contributed by atoms with Crippen LogP contribution in [0.5, 0.6) is 11.5 Å². The molecule has 3 aromatic carbocycles. The fourth-order valence-corrected chi connectivity index (χ4v) is 3.90. The number of aryl methyl sites for hydroxylation is 1. The molecule has 0 saturated heterocycles. The van der Waals surface area contributed by atoms with E-state index in [4.69, 9.17) is 9.47 Å². The maximum Gasteiger partial charge on any atom is 0.224 e. The Labute approximate surface area is 204 Å². The van der Waals surface area contributed by atoms with Gasteiger partial charge in [-0.25, -0.2) is 0 Å². The lowest BCUT2D eigenvalue weighted by Crippen LogP contribution is -2.13. The molecule has 0 fully saturated rings. The number of methoxy groups -OCH3 is 1. The van der Waals surface area contributed by atoms with Gasteiger partial charge in [0, 0.05) is 28.8 Å². The molecule has 2 N–H and O–H groups in total. The summed E-state index contributed by atoms with van der Waals surface area (Å²) in [6.45, 7) is 7.18. The molecule has 0 atom stereocenters. The average Bonchev–Trinajstić information content (AvgIpc) is 2.76. The van der Waals surface area contributed by atoms with Crippen molar-refractivity contribution < 1.29 is 14.3 Å². The van der Waals surface area contributed by atoms with Crippen molar-refractivity contribution >= 4 is 33.2 Å². The normalized spacial score (nSPS) is 10.7. The highest BCUT2D eigenvalue weighted by molar-refractivity contribution is 9.10. The first-order valence-electron chi connectivity index (χ1n) is 11.0. The number of ether oxygens (including phenoxy) is 2. The number of rotatable bonds is 10. The Morgan fingerprint density at radius 3 is 2.48 bits per heavy atom. The van der Waals surface area contributed by atoms with Crippen molar-refractivity contribution in [3.63, 3.8) is 0 Å². The van der Waals surface area contributed by atoms with Crippen molar-refractivity contribution in [2.75, 3.05) is 17.7 Å². The van der Waals surface area contributed by atoms with E-state index in [1.807, 2.05) is 62.4 Å². The first-order valence-corrected chi connectivity index (χ1v) is 11.8. The second-order valence-electron chi connectivity index (χ2n) is 8.45. The summed E-state index contributed by atoms with van der Waals surface area (Å²) in [5.74, 6) is 1.71. The Balaban J connectivity index is 1.65. The largest absolute Gasteiger partial charge is 0.493 e. The highest BCUT2D eigenvalue weighted by Crippen LogP contribution is 2.34. The molecule has 0 spiro atoms. The minimum absolute atomic E-state index is 0.0240. The third kappa shape index (κ3) is 7.53. The average molecular weight is 511 g/mol. The second-order valence-corrected chi connectivity index (χ2v) is 9.31. The van der Waals surface area contributed by atoms with Crippen molar-refractivity contribution in [3.05, 3.63) is 81.8 Å². The van der Waals surface area contributed by atoms with Gasteiger partial charge < -0.3 is 20.1 Å². The summed E-state index contributed by atoms with van der Waals surface area (Å²) in [7, 11) is 1.64. The molecule has 6 heteroatoms. The number of carbonyl (C=O) groups excluding carboxylic acids is 1. The molecule has 5 nitrogen and oxygen atoms in total. The number of halogens is 1. The SMILES string of the molecule is COc1cc(CNc2cccc(NC(=O)CC(C)C)c2)c(Br)cc1OCc1cccc(C)c1. The van der Waals surface area contributed by atoms with Gasteiger partial charge in [-0.2, -0.15) is 0 Å². The lowest BCUT2D eigenvalue weighted by atomic mass is 10.1. The minimum Gasteiger partial charge on any atom is -0.493 e. The van der Waals surface area contributed by atoms with E-state index in [0.717, 1.165) is 27.0 Å². The highest BCUT2D eigenvalue weighted by Gasteiger charge is 2.11. The number of anilines is 2. The summed E-state index contributed by atoms with van der Waals surface area (Å²) in [4.78, 5) is 12.1. The molecule has 174 valence electrons. The number of nitrogens with one attached hydrogen (secondary N) is 2. The molecule has 0 aliphatic carbocycles. The van der Waals surface area contributed by atoms with Crippen LogP contribution in [0.2, 0.25) is 0 Å². The first kappa shape index (κ1) is 24.6. The number of hydrogen-bond acceptors (Lipinski definition) is 4. The van der Waals surface area contributed by atoms with Crippen LogP contribution in [-0.4, -0.2) is 13.0 Å². The summed E-state index contributed by atoms with van der Waals surface area (Å²) in [5, 5.41) is 6.37. The van der Waals surface area contributed by atoms with E-state index >= 15 is 0 Å². The smallest absolute Gasteiger partial charge is 0.224 e. The van der Waals surface area contributed by atoms with Crippen molar-refractivity contribution in [1.29, 1.82) is 0 Å². The van der Waals surface area contributed by atoms with Gasteiger partial charge in [0.05, 0.1) is 7.11 Å². The summed E-state index contributed by atoms with van der Waals surface area (Å²) in [6, 6.07) is 19.9. The molecule has 0 bridgehead atoms. The lowest BCUT2D eigenvalue weighted by Gasteiger charge is -2.15. The maximum atomic E-state index is 12.1. The van der Waals surface area contributed by atoms with E-state index in [1.165, 1.54) is 5.56 Å². The standard InChI is InChI=1S/C27H31BrN2O3/c1-18(2)11-27(31)30-23-10-6-9-22(14-23)29-16-21-13-25(32-4)26(15-24(21)28)33-17-20-8-5-7-19(3)12-20/h5-10,12-15,18,29H,11,16-17H2,1-4H3,(H,30,31). The van der Waals surface area contributed by atoms with Gasteiger partial charge in [0.2, 0.25) is 5.91 Å². The Morgan fingerprint density at radius 1 is 1.00 bits per heavy atom. The number of benzene rings is 3. The molecule has 0 saturated carbocycles. The van der Waals surface area contributed by atoms with Crippen LogP contribution in [0, 0.1) is 12.8 Å². The van der Waals surface area contributed by atoms with Crippen LogP contribution in [0.4, 0.5) is 11.4 Å². The molecular weight excluding hydrogens is 480 g/mol. The fraction of sp³-hybridized carbons (Fsp3) is 0.296. The summed E-state index contributed by atoms with van der Waals surface area (Å²) in [6.07, 6.45) is 0.503. The molecule has 0 radical (unpaired) electrons. The van der Waals surface area contributed by atoms with Crippen LogP contribution in [0.1, 0.15) is 37.0 Å². The van der Waals surface area contributed by atoms with E-state index in [1.54, 1.807) is 7.11 Å². The van der Waals surface area contributed by atoms with E-state index in [-0.39, 0.29) is 5.91 Å². The maximum absolute atomic E-state index is 12.1. The van der Waals surface area contributed by atoms with Crippen LogP contribution in [0.3, 0.4) is 0 Å². The molecule has 3 rings (SSSR count). The molecule has 0 aliphatic heterocycles. The van der Waals surface area contributed by atoms with Crippen molar-refractivity contribution in [3.8, 4) is 11.5 Å². The zero-order valence-electron chi connectivity index (χ0n) is 19.6. The second kappa shape index (κ2) is 11.8. The van der Waals surface area contributed by atoms with Gasteiger partial charge in [0.15, 0.2) is 11.5 Å². The van der Waals surface area contributed by atoms with Gasteiger partial charge in [-0.1, -0.05) is 65.7 Å². The number of hydrogen-bond donors (Lipinski definition) is 2. The summed E-state index contributed by atoms with van der Waals surface area (Å²) in [5.41, 5.74) is 5.04. The Bertz CT molecular complexity index is 1100. The van der Waals surface area contributed by atoms with E-state index < -0.39 is 0 Å². The van der Waals surface area contributed by atoms with Gasteiger partial charge in [-0.05, 0) is 54.3 Å². The molecule has 33 heavy (non-hydrogen) atoms. The van der Waals surface area contributed by atoms with Gasteiger partial charge in [0.25, 0.3) is 0 Å². The molecule has 1 amide bonds. The van der Waals surface area contributed by atoms with Crippen LogP contribution in [0.25, 0.3) is 0 Å². The zero-order valence-corrected chi connectivity index (χ0v) is 21.2. The third-order valence-electron chi connectivity index (χ3n) is 5.03. The molecule has 0 heterocycles. The van der Waals surface area contributed by atoms with Gasteiger partial charge in [0.1, 0.15) is 6.61 Å². The third-order valence-corrected chi connectivity index (χ3v) is 5.77. The first-order chi connectivity index (χ1) is 15.8. The van der Waals surface area contributed by atoms with Gasteiger partial charge >= 0.3 is 0 Å². The van der Waals surface area contributed by atoms with Crippen LogP contribution in [0.15, 0.2) is 65.1 Å². The minimum atomic E-state index is 0.0240. The number of carbonyl (C=O) groups is 1. The number of amides is 1. The molecule has 0 unspecified atom stereocenters. The molecule has 0 aliphatic rings. The highest BCUT2D eigenvalue weighted by atomic mass is 79.9. The lowest BCUT2D eigenvalue weighted by molar-refractivity contribution is -0.116. The van der Waals surface area contributed by atoms with E-state index in [0.29, 0.717) is 37.0 Å². The van der Waals surface area contributed by atoms with Crippen molar-refractivity contribution in [2.45, 2.75) is 40.3 Å². The zero-order chi connectivity index (χ0) is 23.8. The van der Waals surface area contributed by atoms with Crippen LogP contribution < -0.4 is 20.1 Å². The van der Waals surface area contributed by atoms with Crippen LogP contribution >= 0.6 is 15.9 Å². The van der Waals surface area contributed by atoms with Crippen molar-refractivity contribution in [1.82, 2.24) is 0 Å². The Kier molecular flexibility index (Phi) is 8.78. The predicted molar refractivity (Wildman–Crippen MR) is 138 cm³/mol. The van der Waals surface area contributed by atoms with Crippen LogP contribution in [-0.2, 0) is 17.9 Å². The fourth-order valence-electron chi connectivity index (χ4n) is 3.44. The van der Waals surface area contributed by atoms with E-state index in [9.17, 15) is 4.79 Å².